The highest BCUT2D eigenvalue weighted by atomic mass is 16.3. The van der Waals surface area contributed by atoms with Crippen molar-refractivity contribution in [2.75, 3.05) is 6.61 Å². The lowest BCUT2D eigenvalue weighted by molar-refractivity contribution is -0.133. The topological polar surface area (TPSA) is 40.5 Å². The Morgan fingerprint density at radius 1 is 1.47 bits per heavy atom. The van der Waals surface area contributed by atoms with Crippen LogP contribution in [0.4, 0.5) is 0 Å². The normalized spacial score (nSPS) is 30.4. The number of aliphatic hydroxyl groups excluding tert-OH is 1. The molecule has 0 saturated heterocycles. The maximum atomic E-state index is 11.9. The van der Waals surface area contributed by atoms with Crippen LogP contribution in [0.25, 0.3) is 0 Å². The van der Waals surface area contributed by atoms with E-state index in [4.69, 9.17) is 0 Å². The molecule has 88 valence electrons. The van der Waals surface area contributed by atoms with Crippen molar-refractivity contribution in [1.29, 1.82) is 0 Å². The molecule has 2 atom stereocenters. The van der Waals surface area contributed by atoms with E-state index in [0.717, 1.165) is 6.42 Å². The van der Waals surface area contributed by atoms with Crippen molar-refractivity contribution in [3.05, 3.63) is 47.5 Å². The van der Waals surface area contributed by atoms with Crippen LogP contribution in [0, 0.1) is 0 Å². The minimum Gasteiger partial charge on any atom is -0.394 e. The van der Waals surface area contributed by atoms with Gasteiger partial charge in [-0.05, 0) is 30.5 Å². The molecule has 0 fully saturated rings. The number of hydrogen-bond acceptors (Lipinski definition) is 2. The molecule has 0 unspecified atom stereocenters. The average Bonchev–Trinajstić information content (AvgIpc) is 2.66. The summed E-state index contributed by atoms with van der Waals surface area (Å²) in [6, 6.07) is 8.04. The Balaban J connectivity index is 2.19. The van der Waals surface area contributed by atoms with Gasteiger partial charge in [0, 0.05) is 6.08 Å². The Morgan fingerprint density at radius 3 is 3.00 bits per heavy atom. The maximum Gasteiger partial charge on any atom is 0.247 e. The molecule has 3 heteroatoms. The van der Waals surface area contributed by atoms with Crippen LogP contribution in [0.15, 0.2) is 36.4 Å². The van der Waals surface area contributed by atoms with Gasteiger partial charge in [0.25, 0.3) is 0 Å². The van der Waals surface area contributed by atoms with Gasteiger partial charge in [0.05, 0.1) is 18.2 Å². The van der Waals surface area contributed by atoms with Gasteiger partial charge >= 0.3 is 0 Å². The number of benzene rings is 1. The van der Waals surface area contributed by atoms with E-state index in [0.29, 0.717) is 0 Å². The van der Waals surface area contributed by atoms with Gasteiger partial charge in [-0.1, -0.05) is 24.3 Å². The fourth-order valence-electron chi connectivity index (χ4n) is 3.09. The number of carbonyl (C=O) groups excluding carboxylic acids is 1. The number of fused-ring (bicyclic) bond motifs is 3. The fraction of sp³-hybridized carbons (Fsp3) is 0.357. The third kappa shape index (κ3) is 1.29. The number of rotatable bonds is 1. The largest absolute Gasteiger partial charge is 0.394 e. The third-order valence-electron chi connectivity index (χ3n) is 3.88. The van der Waals surface area contributed by atoms with Gasteiger partial charge in [-0.25, -0.2) is 0 Å². The molecule has 1 amide bonds. The molecule has 0 bridgehead atoms. The minimum atomic E-state index is -0.390. The zero-order valence-electron chi connectivity index (χ0n) is 9.76. The molecule has 0 saturated carbocycles. The lowest BCUT2D eigenvalue weighted by Crippen LogP contribution is -2.54. The molecule has 0 aliphatic carbocycles. The Hall–Kier alpha value is -1.61. The molecule has 17 heavy (non-hydrogen) atoms. The number of carbonyl (C=O) groups is 1. The van der Waals surface area contributed by atoms with E-state index in [9.17, 15) is 9.90 Å². The second kappa shape index (κ2) is 3.44. The molecule has 1 aromatic rings. The Morgan fingerprint density at radius 2 is 2.24 bits per heavy atom. The summed E-state index contributed by atoms with van der Waals surface area (Å²) in [5.74, 6) is 0.000975. The third-order valence-corrected chi connectivity index (χ3v) is 3.88. The van der Waals surface area contributed by atoms with Crippen LogP contribution in [-0.4, -0.2) is 28.6 Å². The summed E-state index contributed by atoms with van der Waals surface area (Å²) in [6.07, 6.45) is 4.29. The molecule has 2 heterocycles. The maximum absolute atomic E-state index is 11.9. The van der Waals surface area contributed by atoms with Crippen LogP contribution in [-0.2, 0) is 16.8 Å². The SMILES string of the molecule is C[C@]12C=CC(=O)N1[C@H](CO)Cc1ccccc12. The summed E-state index contributed by atoms with van der Waals surface area (Å²) < 4.78 is 0. The predicted octanol–water partition coefficient (Wildman–Crippen LogP) is 1.22. The standard InChI is InChI=1S/C14H15NO2/c1-14-7-6-13(17)15(14)11(9-16)8-10-4-2-3-5-12(10)14/h2-7,11,16H,8-9H2,1H3/t11-,14+/m0/s1. The summed E-state index contributed by atoms with van der Waals surface area (Å²) in [6.45, 7) is 2.05. The minimum absolute atomic E-state index is 0.000975. The zero-order chi connectivity index (χ0) is 12.0. The van der Waals surface area contributed by atoms with E-state index in [1.165, 1.54) is 11.1 Å². The van der Waals surface area contributed by atoms with Gasteiger partial charge in [0.1, 0.15) is 0 Å². The molecule has 0 radical (unpaired) electrons. The van der Waals surface area contributed by atoms with Crippen LogP contribution >= 0.6 is 0 Å². The smallest absolute Gasteiger partial charge is 0.247 e. The molecule has 1 N–H and O–H groups in total. The Kier molecular flexibility index (Phi) is 2.13. The van der Waals surface area contributed by atoms with Crippen LogP contribution < -0.4 is 0 Å². The summed E-state index contributed by atoms with van der Waals surface area (Å²) in [7, 11) is 0. The first kappa shape index (κ1) is 10.5. The van der Waals surface area contributed by atoms with Crippen LogP contribution in [0.2, 0.25) is 0 Å². The highest BCUT2D eigenvalue weighted by molar-refractivity contribution is 5.92. The highest BCUT2D eigenvalue weighted by Gasteiger charge is 2.46. The molecule has 3 rings (SSSR count). The molecule has 1 aromatic carbocycles. The lowest BCUT2D eigenvalue weighted by Gasteiger charge is -2.45. The number of aliphatic hydroxyl groups is 1. The zero-order valence-corrected chi connectivity index (χ0v) is 9.76. The fourth-order valence-corrected chi connectivity index (χ4v) is 3.09. The van der Waals surface area contributed by atoms with Gasteiger partial charge in [0.15, 0.2) is 0 Å². The molecule has 0 spiro atoms. The molecule has 0 aromatic heterocycles. The summed E-state index contributed by atoms with van der Waals surface area (Å²) >= 11 is 0. The van der Waals surface area contributed by atoms with Gasteiger partial charge in [-0.15, -0.1) is 0 Å². The van der Waals surface area contributed by atoms with E-state index in [1.807, 2.05) is 25.1 Å². The summed E-state index contributed by atoms with van der Waals surface area (Å²) in [5, 5.41) is 9.47. The number of nitrogens with zero attached hydrogens (tertiary/aromatic N) is 1. The number of hydrogen-bond donors (Lipinski definition) is 1. The van der Waals surface area contributed by atoms with E-state index < -0.39 is 0 Å². The van der Waals surface area contributed by atoms with E-state index >= 15 is 0 Å². The van der Waals surface area contributed by atoms with Crippen molar-refractivity contribution in [3.8, 4) is 0 Å². The first-order valence-corrected chi connectivity index (χ1v) is 5.88. The molecule has 3 nitrogen and oxygen atoms in total. The lowest BCUT2D eigenvalue weighted by atomic mass is 9.80. The van der Waals surface area contributed by atoms with E-state index in [1.54, 1.807) is 11.0 Å². The second-order valence-electron chi connectivity index (χ2n) is 4.89. The van der Waals surface area contributed by atoms with Crippen molar-refractivity contribution in [1.82, 2.24) is 4.90 Å². The van der Waals surface area contributed by atoms with Crippen LogP contribution in [0.3, 0.4) is 0 Å². The molecular weight excluding hydrogens is 214 g/mol. The highest BCUT2D eigenvalue weighted by Crippen LogP contribution is 2.42. The second-order valence-corrected chi connectivity index (χ2v) is 4.89. The Bertz CT molecular complexity index is 509. The Labute approximate surface area is 100 Å². The molecular formula is C14H15NO2. The van der Waals surface area contributed by atoms with Crippen LogP contribution in [0.1, 0.15) is 18.1 Å². The summed E-state index contributed by atoms with van der Waals surface area (Å²) in [4.78, 5) is 13.7. The number of amides is 1. The van der Waals surface area contributed by atoms with Crippen molar-refractivity contribution in [3.63, 3.8) is 0 Å². The predicted molar refractivity (Wildman–Crippen MR) is 64.4 cm³/mol. The van der Waals surface area contributed by atoms with Crippen LogP contribution in [0.5, 0.6) is 0 Å². The van der Waals surface area contributed by atoms with Crippen molar-refractivity contribution < 1.29 is 9.90 Å². The van der Waals surface area contributed by atoms with Crippen molar-refractivity contribution >= 4 is 5.91 Å². The summed E-state index contributed by atoms with van der Waals surface area (Å²) in [5.41, 5.74) is 2.01. The quantitative estimate of drug-likeness (QED) is 0.786. The monoisotopic (exact) mass is 229 g/mol. The van der Waals surface area contributed by atoms with E-state index in [2.05, 4.69) is 12.1 Å². The van der Waals surface area contributed by atoms with Gasteiger partial charge in [-0.3, -0.25) is 4.79 Å². The molecule has 2 aliphatic rings. The van der Waals surface area contributed by atoms with Crippen molar-refractivity contribution in [2.24, 2.45) is 0 Å². The van der Waals surface area contributed by atoms with Gasteiger partial charge in [0.2, 0.25) is 5.91 Å². The van der Waals surface area contributed by atoms with Crippen molar-refractivity contribution in [2.45, 2.75) is 24.9 Å². The van der Waals surface area contributed by atoms with Gasteiger partial charge in [-0.2, -0.15) is 0 Å². The first-order valence-electron chi connectivity index (χ1n) is 5.88. The van der Waals surface area contributed by atoms with E-state index in [-0.39, 0.29) is 24.1 Å². The first-order chi connectivity index (χ1) is 8.16. The average molecular weight is 229 g/mol. The van der Waals surface area contributed by atoms with Gasteiger partial charge < -0.3 is 10.0 Å². The molecule has 2 aliphatic heterocycles.